The van der Waals surface area contributed by atoms with E-state index in [2.05, 4.69) is 15.4 Å². The highest BCUT2D eigenvalue weighted by Gasteiger charge is 2.27. The van der Waals surface area contributed by atoms with Gasteiger partial charge in [-0.2, -0.15) is 4.80 Å². The van der Waals surface area contributed by atoms with Crippen LogP contribution >= 0.6 is 0 Å². The SMILES string of the molecule is O=C(c1ccccc1)C1CCN(C(=O)CCCn2nnc(-c3ccccc3)n2)CC1. The molecule has 1 saturated heterocycles. The van der Waals surface area contributed by atoms with E-state index >= 15 is 0 Å². The fourth-order valence-corrected chi connectivity index (χ4v) is 3.80. The van der Waals surface area contributed by atoms with Crippen LogP contribution in [-0.2, 0) is 11.3 Å². The molecule has 4 rings (SSSR count). The molecule has 30 heavy (non-hydrogen) atoms. The molecule has 2 aromatic carbocycles. The van der Waals surface area contributed by atoms with E-state index in [0.717, 1.165) is 24.0 Å². The van der Waals surface area contributed by atoms with Gasteiger partial charge in [-0.05, 0) is 24.5 Å². The zero-order valence-corrected chi connectivity index (χ0v) is 16.9. The molecule has 0 N–H and O–H groups in total. The molecule has 3 aromatic rings. The molecule has 0 spiro atoms. The van der Waals surface area contributed by atoms with Crippen molar-refractivity contribution in [2.45, 2.75) is 32.2 Å². The third-order valence-corrected chi connectivity index (χ3v) is 5.51. The lowest BCUT2D eigenvalue weighted by molar-refractivity contribution is -0.132. The molecule has 0 aliphatic carbocycles. The number of aromatic nitrogens is 4. The lowest BCUT2D eigenvalue weighted by Gasteiger charge is -2.31. The van der Waals surface area contributed by atoms with E-state index in [4.69, 9.17) is 0 Å². The van der Waals surface area contributed by atoms with Crippen LogP contribution in [0.4, 0.5) is 0 Å². The van der Waals surface area contributed by atoms with Crippen molar-refractivity contribution < 1.29 is 9.59 Å². The van der Waals surface area contributed by atoms with Crippen molar-refractivity contribution >= 4 is 11.7 Å². The van der Waals surface area contributed by atoms with Crippen LogP contribution in [0, 0.1) is 5.92 Å². The van der Waals surface area contributed by atoms with Gasteiger partial charge >= 0.3 is 0 Å². The van der Waals surface area contributed by atoms with Gasteiger partial charge in [0.2, 0.25) is 11.7 Å². The van der Waals surface area contributed by atoms with Crippen LogP contribution in [0.3, 0.4) is 0 Å². The summed E-state index contributed by atoms with van der Waals surface area (Å²) >= 11 is 0. The van der Waals surface area contributed by atoms with E-state index in [9.17, 15) is 9.59 Å². The third-order valence-electron chi connectivity index (χ3n) is 5.51. The van der Waals surface area contributed by atoms with E-state index in [0.29, 0.717) is 38.3 Å². The first kappa shape index (κ1) is 19.9. The fourth-order valence-electron chi connectivity index (χ4n) is 3.80. The van der Waals surface area contributed by atoms with Crippen molar-refractivity contribution in [2.75, 3.05) is 13.1 Å². The Morgan fingerprint density at radius 3 is 2.30 bits per heavy atom. The molecule has 154 valence electrons. The van der Waals surface area contributed by atoms with Gasteiger partial charge in [-0.1, -0.05) is 60.7 Å². The minimum atomic E-state index is 0.00667. The van der Waals surface area contributed by atoms with Crippen LogP contribution in [0.2, 0.25) is 0 Å². The maximum absolute atomic E-state index is 12.6. The van der Waals surface area contributed by atoms with Gasteiger partial charge in [0.05, 0.1) is 6.54 Å². The minimum Gasteiger partial charge on any atom is -0.343 e. The molecule has 0 atom stereocenters. The molecule has 1 aromatic heterocycles. The first-order chi connectivity index (χ1) is 14.7. The molecule has 7 heteroatoms. The summed E-state index contributed by atoms with van der Waals surface area (Å²) in [7, 11) is 0. The molecule has 0 unspecified atom stereocenters. The molecule has 0 radical (unpaired) electrons. The summed E-state index contributed by atoms with van der Waals surface area (Å²) in [6, 6.07) is 19.1. The summed E-state index contributed by atoms with van der Waals surface area (Å²) in [5.41, 5.74) is 1.69. The Morgan fingerprint density at radius 1 is 0.933 bits per heavy atom. The van der Waals surface area contributed by atoms with Crippen molar-refractivity contribution in [3.8, 4) is 11.4 Å². The second kappa shape index (κ2) is 9.43. The number of hydrogen-bond donors (Lipinski definition) is 0. The van der Waals surface area contributed by atoms with Gasteiger partial charge in [-0.3, -0.25) is 9.59 Å². The number of nitrogens with zero attached hydrogens (tertiary/aromatic N) is 5. The van der Waals surface area contributed by atoms with Crippen molar-refractivity contribution in [1.82, 2.24) is 25.1 Å². The number of ketones is 1. The average Bonchev–Trinajstić information content (AvgIpc) is 3.29. The number of piperidine rings is 1. The highest BCUT2D eigenvalue weighted by atomic mass is 16.2. The molecule has 1 amide bonds. The smallest absolute Gasteiger partial charge is 0.222 e. The predicted octanol–water partition coefficient (Wildman–Crippen LogP) is 3.24. The summed E-state index contributed by atoms with van der Waals surface area (Å²) in [6.07, 6.45) is 2.56. The summed E-state index contributed by atoms with van der Waals surface area (Å²) in [6.45, 7) is 1.83. The monoisotopic (exact) mass is 403 g/mol. The molecule has 1 aliphatic heterocycles. The first-order valence-corrected chi connectivity index (χ1v) is 10.4. The molecule has 2 heterocycles. The van der Waals surface area contributed by atoms with Crippen molar-refractivity contribution in [1.29, 1.82) is 0 Å². The van der Waals surface area contributed by atoms with Crippen molar-refractivity contribution in [3.05, 3.63) is 66.2 Å². The van der Waals surface area contributed by atoms with Crippen molar-refractivity contribution in [2.24, 2.45) is 5.92 Å². The second-order valence-corrected chi connectivity index (χ2v) is 7.56. The number of carbonyl (C=O) groups excluding carboxylic acids is 2. The van der Waals surface area contributed by atoms with Crippen LogP contribution in [0.15, 0.2) is 60.7 Å². The largest absolute Gasteiger partial charge is 0.343 e. The summed E-state index contributed by atoms with van der Waals surface area (Å²) in [5.74, 6) is 0.914. The lowest BCUT2D eigenvalue weighted by atomic mass is 9.89. The maximum Gasteiger partial charge on any atom is 0.222 e. The fraction of sp³-hybridized carbons (Fsp3) is 0.348. The lowest BCUT2D eigenvalue weighted by Crippen LogP contribution is -2.40. The number of hydrogen-bond acceptors (Lipinski definition) is 5. The Bertz CT molecular complexity index is 979. The predicted molar refractivity (Wildman–Crippen MR) is 113 cm³/mol. The van der Waals surface area contributed by atoms with Gasteiger partial charge in [-0.15, -0.1) is 10.2 Å². The molecule has 0 bridgehead atoms. The number of carbonyl (C=O) groups is 2. The highest BCUT2D eigenvalue weighted by Crippen LogP contribution is 2.22. The summed E-state index contributed by atoms with van der Waals surface area (Å²) < 4.78 is 0. The summed E-state index contributed by atoms with van der Waals surface area (Å²) in [5, 5.41) is 12.5. The maximum atomic E-state index is 12.6. The first-order valence-electron chi connectivity index (χ1n) is 10.4. The molecule has 1 aliphatic rings. The van der Waals surface area contributed by atoms with E-state index in [1.54, 1.807) is 4.80 Å². The number of Topliss-reactive ketones (excluding diaryl/α,β-unsaturated/α-hetero) is 1. The van der Waals surface area contributed by atoms with E-state index in [-0.39, 0.29) is 17.6 Å². The van der Waals surface area contributed by atoms with E-state index < -0.39 is 0 Å². The van der Waals surface area contributed by atoms with Crippen LogP contribution in [0.25, 0.3) is 11.4 Å². The van der Waals surface area contributed by atoms with Gasteiger partial charge < -0.3 is 4.90 Å². The molecule has 0 saturated carbocycles. The van der Waals surface area contributed by atoms with E-state index in [1.807, 2.05) is 65.6 Å². The van der Waals surface area contributed by atoms with E-state index in [1.165, 1.54) is 0 Å². The Morgan fingerprint density at radius 2 is 1.60 bits per heavy atom. The third kappa shape index (κ3) is 4.79. The van der Waals surface area contributed by atoms with Gasteiger partial charge in [0.1, 0.15) is 0 Å². The number of benzene rings is 2. The Balaban J connectivity index is 1.21. The van der Waals surface area contributed by atoms with Gasteiger partial charge in [0.25, 0.3) is 0 Å². The van der Waals surface area contributed by atoms with Crippen molar-refractivity contribution in [3.63, 3.8) is 0 Å². The molecular weight excluding hydrogens is 378 g/mol. The molecule has 7 nitrogen and oxygen atoms in total. The quantitative estimate of drug-likeness (QED) is 0.566. The van der Waals surface area contributed by atoms with Gasteiger partial charge in [0, 0.05) is 36.6 Å². The zero-order chi connectivity index (χ0) is 20.8. The summed E-state index contributed by atoms with van der Waals surface area (Å²) in [4.78, 5) is 28.5. The topological polar surface area (TPSA) is 81.0 Å². The number of rotatable bonds is 7. The van der Waals surface area contributed by atoms with Crippen LogP contribution in [0.5, 0.6) is 0 Å². The Labute approximate surface area is 175 Å². The Kier molecular flexibility index (Phi) is 6.27. The normalized spacial score (nSPS) is 14.6. The number of amides is 1. The van der Waals surface area contributed by atoms with Crippen LogP contribution in [-0.4, -0.2) is 49.9 Å². The standard InChI is InChI=1S/C23H25N5O2/c29-21(12-7-15-28-25-23(24-26-28)20-10-5-2-6-11-20)27-16-13-19(14-17-27)22(30)18-8-3-1-4-9-18/h1-6,8-11,19H,7,12-17H2. The minimum absolute atomic E-state index is 0.00667. The van der Waals surface area contributed by atoms with Gasteiger partial charge in [0.15, 0.2) is 5.78 Å². The van der Waals surface area contributed by atoms with Gasteiger partial charge in [-0.25, -0.2) is 0 Å². The molecule has 1 fully saturated rings. The zero-order valence-electron chi connectivity index (χ0n) is 16.9. The Hall–Kier alpha value is -3.35. The second-order valence-electron chi connectivity index (χ2n) is 7.56. The number of tetrazole rings is 1. The number of likely N-dealkylation sites (tertiary alicyclic amines) is 1. The van der Waals surface area contributed by atoms with Crippen LogP contribution < -0.4 is 0 Å². The average molecular weight is 403 g/mol. The highest BCUT2D eigenvalue weighted by molar-refractivity contribution is 5.98. The number of aryl methyl sites for hydroxylation is 1. The molecular formula is C23H25N5O2. The van der Waals surface area contributed by atoms with Crippen LogP contribution in [0.1, 0.15) is 36.0 Å².